The van der Waals surface area contributed by atoms with Gasteiger partial charge in [0.2, 0.25) is 23.6 Å². The van der Waals surface area contributed by atoms with Crippen LogP contribution in [0.2, 0.25) is 0 Å². The van der Waals surface area contributed by atoms with Gasteiger partial charge in [0.15, 0.2) is 58.0 Å². The number of rotatable bonds is 9. The fraction of sp³-hybridized carbons (Fsp3) is 0.375. The van der Waals surface area contributed by atoms with Crippen LogP contribution < -0.4 is 25.7 Å². The number of aromatic hydroxyl groups is 3. The van der Waals surface area contributed by atoms with Crippen molar-refractivity contribution in [3.05, 3.63) is 108 Å². The van der Waals surface area contributed by atoms with Crippen LogP contribution >= 0.6 is 0 Å². The first-order valence-electron chi connectivity index (χ1n) is 22.0. The van der Waals surface area contributed by atoms with E-state index in [1.807, 2.05) is 0 Å². The van der Waals surface area contributed by atoms with E-state index in [0.717, 1.165) is 12.1 Å². The average Bonchev–Trinajstić information content (AvgIpc) is 3.33. The lowest BCUT2D eigenvalue weighted by Crippen LogP contribution is -2.60. The molecule has 0 spiro atoms. The van der Waals surface area contributed by atoms with Crippen LogP contribution in [0.1, 0.15) is 98.7 Å². The molecule has 1 saturated heterocycles. The molecule has 3 aliphatic heterocycles. The number of methoxy groups -OCH3 is 2. The second kappa shape index (κ2) is 18.2. The van der Waals surface area contributed by atoms with E-state index < -0.39 is 163 Å². The lowest BCUT2D eigenvalue weighted by molar-refractivity contribution is -0.593. The van der Waals surface area contributed by atoms with Gasteiger partial charge in [0.1, 0.15) is 34.6 Å². The molecule has 3 bridgehead atoms. The highest BCUT2D eigenvalue weighted by Gasteiger charge is 2.56. The Hall–Kier alpha value is -8.22. The zero-order valence-corrected chi connectivity index (χ0v) is 39.6. The summed E-state index contributed by atoms with van der Waals surface area (Å²) in [5.74, 6) is -12.1. The third-order valence-corrected chi connectivity index (χ3v) is 13.1. The van der Waals surface area contributed by atoms with Gasteiger partial charge in [-0.2, -0.15) is 0 Å². The smallest absolute Gasteiger partial charge is 0.364 e. The van der Waals surface area contributed by atoms with Crippen molar-refractivity contribution >= 4 is 51.7 Å². The highest BCUT2D eigenvalue weighted by Crippen LogP contribution is 2.42. The van der Waals surface area contributed by atoms with E-state index in [9.17, 15) is 64.1 Å². The number of ether oxygens (including phenoxy) is 6. The second-order valence-electron chi connectivity index (χ2n) is 18.1. The van der Waals surface area contributed by atoms with Crippen LogP contribution in [0.4, 0.5) is 5.69 Å². The number of nitrogens with one attached hydrogen (secondary N) is 2. The maximum atomic E-state index is 14.5. The summed E-state index contributed by atoms with van der Waals surface area (Å²) in [4.78, 5) is 114. The first kappa shape index (κ1) is 50.2. The van der Waals surface area contributed by atoms with Crippen molar-refractivity contribution in [2.45, 2.75) is 89.8 Å². The summed E-state index contributed by atoms with van der Waals surface area (Å²) in [6.07, 6.45) is -7.53. The number of benzene rings is 2. The fourth-order valence-electron chi connectivity index (χ4n) is 9.28. The monoisotopic (exact) mass is 998 g/mol. The molecule has 24 heteroatoms. The minimum atomic E-state index is -2.40. The van der Waals surface area contributed by atoms with Gasteiger partial charge in [-0.3, -0.25) is 34.1 Å². The Morgan fingerprint density at radius 3 is 2.33 bits per heavy atom. The molecule has 2 aromatic heterocycles. The normalized spacial score (nSPS) is 26.8. The molecule has 1 amide bonds. The van der Waals surface area contributed by atoms with Crippen molar-refractivity contribution in [1.82, 2.24) is 10.3 Å². The van der Waals surface area contributed by atoms with Crippen molar-refractivity contribution in [2.75, 3.05) is 26.1 Å². The van der Waals surface area contributed by atoms with Gasteiger partial charge in [-0.25, -0.2) is 14.6 Å². The Balaban J connectivity index is 1.22. The van der Waals surface area contributed by atoms with Crippen molar-refractivity contribution in [2.24, 2.45) is 5.92 Å². The van der Waals surface area contributed by atoms with Gasteiger partial charge in [0.25, 0.3) is 11.4 Å². The third kappa shape index (κ3) is 8.21. The van der Waals surface area contributed by atoms with Gasteiger partial charge in [0.05, 0.1) is 42.7 Å². The van der Waals surface area contributed by atoms with Crippen LogP contribution in [0.25, 0.3) is 11.0 Å². The summed E-state index contributed by atoms with van der Waals surface area (Å²) in [6.45, 7) is 7.34. The first-order chi connectivity index (χ1) is 33.8. The van der Waals surface area contributed by atoms with E-state index in [1.54, 1.807) is 0 Å². The quantitative estimate of drug-likeness (QED) is 0.0606. The Kier molecular flexibility index (Phi) is 12.7. The van der Waals surface area contributed by atoms with Crippen molar-refractivity contribution in [1.29, 1.82) is 0 Å². The molecule has 1 aliphatic carbocycles. The number of carbonyl (C=O) groups is 6. The lowest BCUT2D eigenvalue weighted by atomic mass is 9.82. The number of pyridine rings is 1. The van der Waals surface area contributed by atoms with Gasteiger partial charge in [-0.15, -0.1) is 0 Å². The van der Waals surface area contributed by atoms with Gasteiger partial charge >= 0.3 is 11.6 Å². The first-order valence-corrected chi connectivity index (χ1v) is 22.0. The molecule has 378 valence electrons. The molecule has 5 heterocycles. The number of anilines is 1. The number of fused-ring (bicyclic) bond motifs is 2. The number of hydrogen-bond donors (Lipinski definition) is 6. The molecule has 6 N–H and O–H groups in total. The fourth-order valence-corrected chi connectivity index (χ4v) is 9.28. The summed E-state index contributed by atoms with van der Waals surface area (Å²) in [7, 11) is 2.59. The molecule has 8 atom stereocenters. The van der Waals surface area contributed by atoms with Crippen molar-refractivity contribution in [3.8, 4) is 28.7 Å². The van der Waals surface area contributed by atoms with Gasteiger partial charge in [0, 0.05) is 42.6 Å². The summed E-state index contributed by atoms with van der Waals surface area (Å²) in [5, 5.41) is 63.2. The number of aryl methyl sites for hydroxylation is 1. The van der Waals surface area contributed by atoms with E-state index in [1.165, 1.54) is 80.0 Å². The van der Waals surface area contributed by atoms with E-state index in [0.29, 0.717) is 0 Å². The van der Waals surface area contributed by atoms with Crippen molar-refractivity contribution in [3.63, 3.8) is 0 Å². The lowest BCUT2D eigenvalue weighted by Gasteiger charge is -2.40. The summed E-state index contributed by atoms with van der Waals surface area (Å²) in [5.41, 5.74) is -10.0. The summed E-state index contributed by atoms with van der Waals surface area (Å²) in [6, 6.07) is 6.06. The topological polar surface area (TPSA) is 349 Å². The third-order valence-electron chi connectivity index (χ3n) is 13.1. The SMILES string of the molecule is COc1ccc2c(O)c(NC(=O)c3cc(O[C@H]4C[C@@](C)([N+](=O)[O-])[C@H](OC)[C@H](C)O4)c(O)c(C(=O)O[C@H]4[C@H](O)C(=O)[C@]5(C)CNC6=C(O5)C(=O)c5c(cc(C)c(O)c5C(=O)/C(C)=C\[C@@H]4C)C6=O)n3)c(=O)oc2c1. The number of allylic oxidation sites excluding steroid dienone is 3. The second-order valence-corrected chi connectivity index (χ2v) is 18.1. The number of nitro groups is 1. The summed E-state index contributed by atoms with van der Waals surface area (Å²) < 4.78 is 39.3. The zero-order valence-electron chi connectivity index (χ0n) is 39.6. The number of aliphatic hydroxyl groups excluding tert-OH is 1. The van der Waals surface area contributed by atoms with Crippen LogP contribution in [0.15, 0.2) is 62.6 Å². The molecular weight excluding hydrogens is 953 g/mol. The minimum absolute atomic E-state index is 0.0464. The van der Waals surface area contributed by atoms with Crippen LogP contribution in [0, 0.1) is 23.0 Å². The molecule has 1 fully saturated rings. The largest absolute Gasteiger partial charge is 0.507 e. The number of esters is 1. The average molecular weight is 999 g/mol. The predicted molar refractivity (Wildman–Crippen MR) is 244 cm³/mol. The van der Waals surface area contributed by atoms with Crippen LogP contribution in [0.3, 0.4) is 0 Å². The molecule has 2 aromatic carbocycles. The Morgan fingerprint density at radius 2 is 1.67 bits per heavy atom. The molecule has 72 heavy (non-hydrogen) atoms. The number of phenols is 1. The van der Waals surface area contributed by atoms with E-state index in [-0.39, 0.29) is 39.1 Å². The zero-order chi connectivity index (χ0) is 52.6. The number of phenolic OH excluding ortho intramolecular Hbond substituents is 1. The molecule has 0 saturated carbocycles. The van der Waals surface area contributed by atoms with E-state index >= 15 is 0 Å². The molecular formula is C48H46N4O20. The van der Waals surface area contributed by atoms with Crippen LogP contribution in [0.5, 0.6) is 28.7 Å². The molecule has 0 unspecified atom stereocenters. The maximum absolute atomic E-state index is 14.5. The minimum Gasteiger partial charge on any atom is -0.507 e. The van der Waals surface area contributed by atoms with Crippen LogP contribution in [-0.4, -0.2) is 128 Å². The molecule has 8 rings (SSSR count). The van der Waals surface area contributed by atoms with Crippen molar-refractivity contribution < 1.29 is 87.0 Å². The van der Waals surface area contributed by atoms with Gasteiger partial charge < -0.3 is 63.9 Å². The number of ketones is 4. The predicted octanol–water partition coefficient (Wildman–Crippen LogP) is 3.34. The summed E-state index contributed by atoms with van der Waals surface area (Å²) >= 11 is 0. The highest BCUT2D eigenvalue weighted by atomic mass is 16.7. The standard InChI is InChI=1S/C48H46N4O20/c1-17-11-19(3)40(39(59)42(60)48(6)16-49-30-36(56)23-12-18(2)34(54)29(33(17)53)28(23)38(58)41(30)72-48)71-46(63)32-37(57)26(69-27-15-47(5,52(64)65)43(67-8)20(4)68-27)14-24(50-32)44(61)51-31-35(55)22-10-9-21(66-7)13-25(22)70-45(31)62/h9-14,19-20,27,39-40,43,49,54-55,57,59H,15-16H2,1-8H3,(H,51,61)/b17-11-/t19-,20-,27-,39-,40+,43+,47+,48-/m0/s1. The number of amides is 1. The molecule has 4 aliphatic rings. The molecule has 24 nitrogen and oxygen atoms in total. The highest BCUT2D eigenvalue weighted by molar-refractivity contribution is 6.31. The number of aromatic nitrogens is 1. The number of Topliss-reactive ketones (excluding diaryl/α,β-unsaturated/α-hetero) is 4. The van der Waals surface area contributed by atoms with E-state index in [4.69, 9.17) is 32.8 Å². The van der Waals surface area contributed by atoms with Crippen LogP contribution in [-0.2, 0) is 23.7 Å². The number of nitrogens with zero attached hydrogens (tertiary/aromatic N) is 2. The molecule has 0 radical (unpaired) electrons. The number of carbonyl (C=O) groups excluding carboxylic acids is 6. The number of aliphatic hydroxyl groups is 1. The Labute approximate surface area is 406 Å². The number of hydrogen-bond acceptors (Lipinski definition) is 22. The van der Waals surface area contributed by atoms with Gasteiger partial charge in [-0.1, -0.05) is 13.0 Å². The Bertz CT molecular complexity index is 3210. The molecule has 4 aromatic rings. The van der Waals surface area contributed by atoms with E-state index in [2.05, 4.69) is 15.6 Å². The van der Waals surface area contributed by atoms with Gasteiger partial charge in [-0.05, 0) is 57.0 Å². The maximum Gasteiger partial charge on any atom is 0.364 e. The Morgan fingerprint density at radius 1 is 0.958 bits per heavy atom.